The summed E-state index contributed by atoms with van der Waals surface area (Å²) in [4.78, 5) is 6.09. The van der Waals surface area contributed by atoms with Gasteiger partial charge in [-0.2, -0.15) is 0 Å². The van der Waals surface area contributed by atoms with Crippen LogP contribution in [-0.4, -0.2) is 18.1 Å². The molecular weight excluding hydrogens is 386 g/mol. The van der Waals surface area contributed by atoms with Gasteiger partial charge in [-0.05, 0) is 57.7 Å². The summed E-state index contributed by atoms with van der Waals surface area (Å²) in [6.45, 7) is 13.4. The van der Waals surface area contributed by atoms with E-state index in [4.69, 9.17) is 10.7 Å². The van der Waals surface area contributed by atoms with Gasteiger partial charge in [-0.1, -0.05) is 63.5 Å². The number of nitrogens with two attached hydrogens (primary N) is 1. The summed E-state index contributed by atoms with van der Waals surface area (Å²) >= 11 is 1.82. The second-order valence-corrected chi connectivity index (χ2v) is 9.00. The fraction of sp³-hybridized carbons (Fsp3) is 0.500. The van der Waals surface area contributed by atoms with Crippen molar-refractivity contribution in [3.8, 4) is 0 Å². The molecule has 1 aromatic rings. The predicted octanol–water partition coefficient (Wildman–Crippen LogP) is 7.23. The van der Waals surface area contributed by atoms with Crippen molar-refractivity contribution in [1.29, 1.82) is 0 Å². The number of benzene rings is 1. The monoisotopic (exact) mass is 427 g/mol. The first-order chi connectivity index (χ1) is 14.5. The fourth-order valence-electron chi connectivity index (χ4n) is 3.14. The zero-order valence-electron chi connectivity index (χ0n) is 19.5. The zero-order chi connectivity index (χ0) is 22.2. The molecule has 0 saturated heterocycles. The third kappa shape index (κ3) is 11.3. The lowest BCUT2D eigenvalue weighted by Gasteiger charge is -2.20. The highest BCUT2D eigenvalue weighted by Crippen LogP contribution is 2.23. The van der Waals surface area contributed by atoms with E-state index in [1.807, 2.05) is 23.9 Å². The number of nitrogens with zero attached hydrogens (tertiary/aromatic N) is 1. The van der Waals surface area contributed by atoms with Crippen LogP contribution in [0, 0.1) is 0 Å². The van der Waals surface area contributed by atoms with Crippen molar-refractivity contribution in [2.24, 2.45) is 10.7 Å². The summed E-state index contributed by atoms with van der Waals surface area (Å²) in [5.74, 6) is 1.84. The maximum atomic E-state index is 6.26. The smallest absolute Gasteiger partial charge is 0.130 e. The van der Waals surface area contributed by atoms with Crippen molar-refractivity contribution in [1.82, 2.24) is 5.32 Å². The Balaban J connectivity index is 0.000000804. The average Bonchev–Trinajstić information content (AvgIpc) is 2.72. The normalized spacial score (nSPS) is 13.9. The number of allylic oxidation sites excluding steroid dienone is 3. The highest BCUT2D eigenvalue weighted by atomic mass is 32.2. The van der Waals surface area contributed by atoms with Crippen LogP contribution >= 0.6 is 11.8 Å². The molecule has 30 heavy (non-hydrogen) atoms. The van der Waals surface area contributed by atoms with E-state index in [9.17, 15) is 0 Å². The topological polar surface area (TPSA) is 50.4 Å². The van der Waals surface area contributed by atoms with E-state index >= 15 is 0 Å². The minimum absolute atomic E-state index is 0.751. The first-order valence-electron chi connectivity index (χ1n) is 11.3. The Bertz CT molecular complexity index is 711. The second-order valence-electron chi connectivity index (χ2n) is 7.83. The fourth-order valence-corrected chi connectivity index (χ4v) is 3.91. The number of thioether (sulfide) groups is 1. The van der Waals surface area contributed by atoms with Gasteiger partial charge in [-0.25, -0.2) is 0 Å². The zero-order valence-corrected chi connectivity index (χ0v) is 20.3. The molecule has 0 amide bonds. The standard InChI is InChI=1S/C21H29N3S.C5H12/c1-16(2)15-17(3)24-21(19-11-7-8-12-20(19)22)23-13-14-25-18-9-5-4-6-10-18;1-3-5-4-2/h4-6,9-10,15H,3,7-8,11-14,22H2,1-2H3,(H,23,24);3-5H2,1-2H3. The number of rotatable bonds is 9. The molecule has 0 spiro atoms. The van der Waals surface area contributed by atoms with Crippen molar-refractivity contribution in [3.05, 3.63) is 65.5 Å². The van der Waals surface area contributed by atoms with Crippen LogP contribution in [0.3, 0.4) is 0 Å². The summed E-state index contributed by atoms with van der Waals surface area (Å²) in [6.07, 6.45) is 10.4. The lowest BCUT2D eigenvalue weighted by atomic mass is 9.95. The van der Waals surface area contributed by atoms with E-state index < -0.39 is 0 Å². The summed E-state index contributed by atoms with van der Waals surface area (Å²) in [5.41, 5.74) is 10.5. The molecule has 0 fully saturated rings. The van der Waals surface area contributed by atoms with Gasteiger partial charge in [-0.15, -0.1) is 11.8 Å². The summed E-state index contributed by atoms with van der Waals surface area (Å²) in [6, 6.07) is 10.4. The van der Waals surface area contributed by atoms with Crippen molar-refractivity contribution in [2.45, 2.75) is 77.5 Å². The van der Waals surface area contributed by atoms with Crippen molar-refractivity contribution in [3.63, 3.8) is 0 Å². The van der Waals surface area contributed by atoms with Crippen LogP contribution in [0.5, 0.6) is 0 Å². The second kappa shape index (κ2) is 15.8. The molecular formula is C26H41N3S. The van der Waals surface area contributed by atoms with Gasteiger partial charge < -0.3 is 11.1 Å². The minimum Gasteiger partial charge on any atom is -0.402 e. The van der Waals surface area contributed by atoms with E-state index in [0.717, 1.165) is 42.4 Å². The number of amidine groups is 1. The average molecular weight is 428 g/mol. The van der Waals surface area contributed by atoms with Crippen LogP contribution in [0.15, 0.2) is 75.4 Å². The highest BCUT2D eigenvalue weighted by Gasteiger charge is 2.15. The van der Waals surface area contributed by atoms with Crippen LogP contribution in [-0.2, 0) is 0 Å². The van der Waals surface area contributed by atoms with Gasteiger partial charge >= 0.3 is 0 Å². The van der Waals surface area contributed by atoms with Crippen LogP contribution in [0.4, 0.5) is 0 Å². The van der Waals surface area contributed by atoms with Gasteiger partial charge in [0, 0.05) is 27.6 Å². The Hall–Kier alpha value is -1.94. The Morgan fingerprint density at radius 2 is 1.80 bits per heavy atom. The maximum absolute atomic E-state index is 6.26. The number of unbranched alkanes of at least 4 members (excludes halogenated alkanes) is 2. The van der Waals surface area contributed by atoms with Crippen LogP contribution < -0.4 is 11.1 Å². The van der Waals surface area contributed by atoms with Gasteiger partial charge in [0.25, 0.3) is 0 Å². The van der Waals surface area contributed by atoms with Gasteiger partial charge in [0.2, 0.25) is 0 Å². The van der Waals surface area contributed by atoms with E-state index in [1.165, 1.54) is 48.1 Å². The van der Waals surface area contributed by atoms with Gasteiger partial charge in [0.05, 0.1) is 6.54 Å². The molecule has 0 saturated carbocycles. The number of hydrogen-bond acceptors (Lipinski definition) is 3. The molecule has 0 atom stereocenters. The van der Waals surface area contributed by atoms with Crippen LogP contribution in [0.1, 0.15) is 72.6 Å². The van der Waals surface area contributed by atoms with Crippen molar-refractivity contribution in [2.75, 3.05) is 12.3 Å². The number of aliphatic imine (C=N–C) groups is 1. The van der Waals surface area contributed by atoms with Gasteiger partial charge in [0.15, 0.2) is 0 Å². The molecule has 1 aromatic carbocycles. The first-order valence-corrected chi connectivity index (χ1v) is 12.3. The molecule has 2 rings (SSSR count). The van der Waals surface area contributed by atoms with Crippen LogP contribution in [0.2, 0.25) is 0 Å². The lowest BCUT2D eigenvalue weighted by molar-refractivity contribution is 0.679. The quantitative estimate of drug-likeness (QED) is 0.144. The molecule has 0 aliphatic heterocycles. The third-order valence-electron chi connectivity index (χ3n) is 4.62. The Morgan fingerprint density at radius 3 is 2.37 bits per heavy atom. The van der Waals surface area contributed by atoms with Crippen molar-refractivity contribution < 1.29 is 0 Å². The number of hydrogen-bond donors (Lipinski definition) is 2. The van der Waals surface area contributed by atoms with Gasteiger partial charge in [0.1, 0.15) is 5.84 Å². The molecule has 0 radical (unpaired) electrons. The SMILES string of the molecule is C=C(C=C(C)C)NC(=NCCSc1ccccc1)C1=C(N)CCCC1.CCCCC. The molecule has 1 aliphatic carbocycles. The molecule has 0 aromatic heterocycles. The lowest BCUT2D eigenvalue weighted by Crippen LogP contribution is -2.28. The molecule has 0 unspecified atom stereocenters. The van der Waals surface area contributed by atoms with Crippen molar-refractivity contribution >= 4 is 17.6 Å². The largest absolute Gasteiger partial charge is 0.402 e. The molecule has 0 bridgehead atoms. The summed E-state index contributed by atoms with van der Waals surface area (Å²) in [5, 5.41) is 3.38. The van der Waals surface area contributed by atoms with E-state index in [2.05, 4.69) is 63.9 Å². The molecule has 3 nitrogen and oxygen atoms in total. The Kier molecular flexibility index (Phi) is 13.8. The van der Waals surface area contributed by atoms with E-state index in [1.54, 1.807) is 0 Å². The highest BCUT2D eigenvalue weighted by molar-refractivity contribution is 7.99. The molecule has 3 N–H and O–H groups in total. The van der Waals surface area contributed by atoms with E-state index in [-0.39, 0.29) is 0 Å². The number of nitrogens with one attached hydrogen (secondary N) is 1. The summed E-state index contributed by atoms with van der Waals surface area (Å²) in [7, 11) is 0. The molecule has 4 heteroatoms. The maximum Gasteiger partial charge on any atom is 0.130 e. The first kappa shape index (κ1) is 26.1. The molecule has 1 aliphatic rings. The Labute approximate surface area is 189 Å². The third-order valence-corrected chi connectivity index (χ3v) is 5.61. The summed E-state index contributed by atoms with van der Waals surface area (Å²) < 4.78 is 0. The van der Waals surface area contributed by atoms with Crippen LogP contribution in [0.25, 0.3) is 0 Å². The minimum atomic E-state index is 0.751. The van der Waals surface area contributed by atoms with E-state index in [0.29, 0.717) is 0 Å². The predicted molar refractivity (Wildman–Crippen MR) is 136 cm³/mol. The Morgan fingerprint density at radius 1 is 1.13 bits per heavy atom. The molecule has 166 valence electrons. The molecule has 0 heterocycles. The van der Waals surface area contributed by atoms with Gasteiger partial charge in [-0.3, -0.25) is 4.99 Å².